The van der Waals surface area contributed by atoms with Crippen LogP contribution < -0.4 is 0 Å². The second-order valence-corrected chi connectivity index (χ2v) is 9.81. The average molecular weight is 371 g/mol. The van der Waals surface area contributed by atoms with Gasteiger partial charge in [0.1, 0.15) is 0 Å². The maximum Gasteiger partial charge on any atom is 0.0205 e. The summed E-state index contributed by atoms with van der Waals surface area (Å²) in [5.74, 6) is 1.33. The highest BCUT2D eigenvalue weighted by Gasteiger charge is 2.43. The van der Waals surface area contributed by atoms with Crippen LogP contribution in [0.1, 0.15) is 69.2 Å². The molecule has 0 heterocycles. The lowest BCUT2D eigenvalue weighted by Gasteiger charge is -2.35. The molecule has 0 amide bonds. The van der Waals surface area contributed by atoms with Crippen molar-refractivity contribution in [2.24, 2.45) is 11.8 Å². The summed E-state index contributed by atoms with van der Waals surface area (Å²) in [6, 6.07) is 18.2. The Morgan fingerprint density at radius 2 is 1.54 bits per heavy atom. The number of allylic oxidation sites excluding steroid dienone is 3. The van der Waals surface area contributed by atoms with Gasteiger partial charge in [0, 0.05) is 5.41 Å². The molecule has 0 heteroatoms. The minimum atomic E-state index is 0.102. The molecule has 0 aliphatic heterocycles. The summed E-state index contributed by atoms with van der Waals surface area (Å²) in [4.78, 5) is 0. The predicted octanol–water partition coefficient (Wildman–Crippen LogP) is 7.53. The summed E-state index contributed by atoms with van der Waals surface area (Å²) in [5, 5.41) is 0. The summed E-state index contributed by atoms with van der Waals surface area (Å²) >= 11 is 0. The van der Waals surface area contributed by atoms with Gasteiger partial charge in [-0.05, 0) is 71.8 Å². The van der Waals surface area contributed by atoms with Crippen LogP contribution >= 0.6 is 0 Å². The molecule has 2 aliphatic carbocycles. The van der Waals surface area contributed by atoms with Crippen molar-refractivity contribution in [2.45, 2.75) is 65.2 Å². The molecule has 1 atom stereocenters. The van der Waals surface area contributed by atoms with E-state index in [9.17, 15) is 0 Å². The van der Waals surface area contributed by atoms with Crippen molar-refractivity contribution in [1.82, 2.24) is 0 Å². The Labute approximate surface area is 171 Å². The molecule has 1 unspecified atom stereocenters. The summed E-state index contributed by atoms with van der Waals surface area (Å²) in [6.07, 6.45) is 5.67. The third-order valence-electron chi connectivity index (χ3n) is 6.67. The van der Waals surface area contributed by atoms with Crippen molar-refractivity contribution in [1.29, 1.82) is 0 Å². The van der Waals surface area contributed by atoms with Gasteiger partial charge in [0.15, 0.2) is 0 Å². The van der Waals surface area contributed by atoms with Gasteiger partial charge in [0.2, 0.25) is 0 Å². The van der Waals surface area contributed by atoms with Gasteiger partial charge in [-0.2, -0.15) is 0 Å². The molecule has 0 saturated heterocycles. The van der Waals surface area contributed by atoms with Crippen molar-refractivity contribution in [3.05, 3.63) is 88.5 Å². The lowest BCUT2D eigenvalue weighted by atomic mass is 9.68. The lowest BCUT2D eigenvalue weighted by Crippen LogP contribution is -2.28. The summed E-state index contributed by atoms with van der Waals surface area (Å²) in [5.41, 5.74) is 10.9. The molecule has 0 fully saturated rings. The first-order valence-electron chi connectivity index (χ1n) is 11.0. The highest BCUT2D eigenvalue weighted by atomic mass is 14.5. The largest absolute Gasteiger partial charge is 0.0986 e. The van der Waals surface area contributed by atoms with Crippen LogP contribution in [0.5, 0.6) is 0 Å². The topological polar surface area (TPSA) is 0 Å². The molecular formula is C28H34. The fraction of sp³-hybridized carbons (Fsp3) is 0.429. The monoisotopic (exact) mass is 370 g/mol. The Hall–Kier alpha value is -2.08. The average Bonchev–Trinajstić information content (AvgIpc) is 3.10. The van der Waals surface area contributed by atoms with Crippen LogP contribution in [0.3, 0.4) is 0 Å². The van der Waals surface area contributed by atoms with Crippen LogP contribution in [-0.4, -0.2) is 0 Å². The molecular weight excluding hydrogens is 336 g/mol. The van der Waals surface area contributed by atoms with Crippen LogP contribution in [0.15, 0.2) is 66.3 Å². The molecule has 146 valence electrons. The number of hydrogen-bond donors (Lipinski definition) is 0. The van der Waals surface area contributed by atoms with Gasteiger partial charge in [-0.1, -0.05) is 94.0 Å². The molecule has 0 radical (unpaired) electrons. The Bertz CT molecular complexity index is 925. The van der Waals surface area contributed by atoms with Crippen molar-refractivity contribution >= 4 is 5.57 Å². The number of fused-ring (bicyclic) bond motifs is 2. The Morgan fingerprint density at radius 1 is 0.857 bits per heavy atom. The van der Waals surface area contributed by atoms with E-state index >= 15 is 0 Å². The van der Waals surface area contributed by atoms with E-state index in [1.165, 1.54) is 35.1 Å². The molecule has 0 N–H and O–H groups in total. The Morgan fingerprint density at radius 3 is 2.25 bits per heavy atom. The summed E-state index contributed by atoms with van der Waals surface area (Å²) in [7, 11) is 0. The van der Waals surface area contributed by atoms with Crippen molar-refractivity contribution in [3.63, 3.8) is 0 Å². The lowest BCUT2D eigenvalue weighted by molar-refractivity contribution is 0.394. The standard InChI is InChI=1S/C28H34/c1-19(2)14-26-24(16-22-10-6-8-12-25(22)26)18-28(17-20(3)4)21(5)15-23-11-7-9-13-27(23)28/h6-13,19-20H,5,14-18H2,1-4H3. The van der Waals surface area contributed by atoms with Crippen molar-refractivity contribution in [3.8, 4) is 0 Å². The second-order valence-electron chi connectivity index (χ2n) is 9.81. The van der Waals surface area contributed by atoms with Crippen LogP contribution in [0.2, 0.25) is 0 Å². The highest BCUT2D eigenvalue weighted by Crippen LogP contribution is 2.52. The van der Waals surface area contributed by atoms with Crippen LogP contribution in [-0.2, 0) is 18.3 Å². The van der Waals surface area contributed by atoms with Gasteiger partial charge in [0.25, 0.3) is 0 Å². The Kier molecular flexibility index (Phi) is 5.08. The van der Waals surface area contributed by atoms with Gasteiger partial charge in [-0.15, -0.1) is 0 Å². The van der Waals surface area contributed by atoms with E-state index < -0.39 is 0 Å². The first kappa shape index (κ1) is 19.2. The Balaban J connectivity index is 1.81. The zero-order valence-corrected chi connectivity index (χ0v) is 18.0. The van der Waals surface area contributed by atoms with Gasteiger partial charge in [0.05, 0.1) is 0 Å². The quantitative estimate of drug-likeness (QED) is 0.461. The fourth-order valence-electron chi connectivity index (χ4n) is 5.67. The second kappa shape index (κ2) is 7.39. The van der Waals surface area contributed by atoms with Crippen molar-refractivity contribution < 1.29 is 0 Å². The van der Waals surface area contributed by atoms with E-state index in [4.69, 9.17) is 0 Å². The third-order valence-corrected chi connectivity index (χ3v) is 6.67. The van der Waals surface area contributed by atoms with E-state index in [1.54, 1.807) is 16.7 Å². The first-order valence-corrected chi connectivity index (χ1v) is 11.0. The minimum Gasteiger partial charge on any atom is -0.0986 e. The maximum atomic E-state index is 4.63. The van der Waals surface area contributed by atoms with Gasteiger partial charge in [-0.25, -0.2) is 0 Å². The molecule has 0 saturated carbocycles. The van der Waals surface area contributed by atoms with Gasteiger partial charge in [-0.3, -0.25) is 0 Å². The van der Waals surface area contributed by atoms with Gasteiger partial charge >= 0.3 is 0 Å². The predicted molar refractivity (Wildman–Crippen MR) is 122 cm³/mol. The number of benzene rings is 2. The molecule has 2 aromatic rings. The molecule has 0 nitrogen and oxygen atoms in total. The molecule has 0 aromatic heterocycles. The SMILES string of the molecule is C=C1Cc2ccccc2C1(CC1=C(CC(C)C)c2ccccc2C1)CC(C)C. The molecule has 2 aliphatic rings. The minimum absolute atomic E-state index is 0.102. The first-order chi connectivity index (χ1) is 13.4. The highest BCUT2D eigenvalue weighted by molar-refractivity contribution is 5.77. The van der Waals surface area contributed by atoms with E-state index in [0.29, 0.717) is 11.8 Å². The smallest absolute Gasteiger partial charge is 0.0205 e. The zero-order chi connectivity index (χ0) is 19.9. The van der Waals surface area contributed by atoms with Gasteiger partial charge < -0.3 is 0 Å². The zero-order valence-electron chi connectivity index (χ0n) is 18.0. The molecule has 4 rings (SSSR count). The molecule has 0 spiro atoms. The van der Waals surface area contributed by atoms with Crippen LogP contribution in [0.25, 0.3) is 5.57 Å². The third kappa shape index (κ3) is 3.28. The van der Waals surface area contributed by atoms with E-state index in [1.807, 2.05) is 0 Å². The van der Waals surface area contributed by atoms with Crippen LogP contribution in [0, 0.1) is 11.8 Å². The maximum absolute atomic E-state index is 4.63. The van der Waals surface area contributed by atoms with E-state index in [2.05, 4.69) is 82.8 Å². The van der Waals surface area contributed by atoms with E-state index in [-0.39, 0.29) is 5.41 Å². The molecule has 0 bridgehead atoms. The number of rotatable bonds is 6. The fourth-order valence-corrected chi connectivity index (χ4v) is 5.67. The van der Waals surface area contributed by atoms with Crippen LogP contribution in [0.4, 0.5) is 0 Å². The number of hydrogen-bond acceptors (Lipinski definition) is 0. The molecule has 2 aromatic carbocycles. The normalized spacial score (nSPS) is 21.0. The van der Waals surface area contributed by atoms with Crippen molar-refractivity contribution in [2.75, 3.05) is 0 Å². The molecule has 28 heavy (non-hydrogen) atoms. The summed E-state index contributed by atoms with van der Waals surface area (Å²) < 4.78 is 0. The van der Waals surface area contributed by atoms with E-state index in [0.717, 1.165) is 19.3 Å². The summed E-state index contributed by atoms with van der Waals surface area (Å²) in [6.45, 7) is 14.1.